The summed E-state index contributed by atoms with van der Waals surface area (Å²) in [6.45, 7) is 2.80. The molecule has 1 aliphatic heterocycles. The number of thioether (sulfide) groups is 1. The van der Waals surface area contributed by atoms with Crippen molar-refractivity contribution in [2.75, 3.05) is 31.3 Å². The second-order valence-corrected chi connectivity index (χ2v) is 4.72. The fraction of sp³-hybridized carbons (Fsp3) is 0.636. The van der Waals surface area contributed by atoms with Crippen LogP contribution < -0.4 is 5.32 Å². The summed E-state index contributed by atoms with van der Waals surface area (Å²) >= 11 is 1.63. The summed E-state index contributed by atoms with van der Waals surface area (Å²) in [6.07, 6.45) is 5.97. The zero-order valence-corrected chi connectivity index (χ0v) is 10.3. The highest BCUT2D eigenvalue weighted by Crippen LogP contribution is 2.17. The molecule has 0 bridgehead atoms. The van der Waals surface area contributed by atoms with Crippen LogP contribution in [0.3, 0.4) is 0 Å². The monoisotopic (exact) mass is 239 g/mol. The molecule has 16 heavy (non-hydrogen) atoms. The number of hydrogen-bond donors (Lipinski definition) is 1. The maximum atomic E-state index is 5.34. The van der Waals surface area contributed by atoms with E-state index in [0.717, 1.165) is 37.0 Å². The van der Waals surface area contributed by atoms with Crippen LogP contribution in [-0.2, 0) is 4.74 Å². The number of anilines is 1. The Balaban J connectivity index is 1.75. The Morgan fingerprint density at radius 2 is 2.50 bits per heavy atom. The van der Waals surface area contributed by atoms with Crippen molar-refractivity contribution in [1.29, 1.82) is 0 Å². The van der Waals surface area contributed by atoms with Gasteiger partial charge in [-0.1, -0.05) is 0 Å². The SMILES string of the molecule is CSc1cc(NCCC2CCOC2)ncn1. The number of hydrogen-bond acceptors (Lipinski definition) is 5. The minimum atomic E-state index is 0.717. The molecule has 1 aromatic heterocycles. The van der Waals surface area contributed by atoms with Gasteiger partial charge in [0.05, 0.1) is 0 Å². The van der Waals surface area contributed by atoms with E-state index in [1.54, 1.807) is 18.1 Å². The number of aromatic nitrogens is 2. The molecular formula is C11H17N3OS. The third-order valence-electron chi connectivity index (χ3n) is 2.73. The van der Waals surface area contributed by atoms with Gasteiger partial charge in [-0.15, -0.1) is 11.8 Å². The summed E-state index contributed by atoms with van der Waals surface area (Å²) in [5, 5.41) is 4.33. The van der Waals surface area contributed by atoms with Crippen molar-refractivity contribution in [3.05, 3.63) is 12.4 Å². The molecule has 1 aliphatic rings. The summed E-state index contributed by atoms with van der Waals surface area (Å²) < 4.78 is 5.34. The smallest absolute Gasteiger partial charge is 0.130 e. The van der Waals surface area contributed by atoms with Gasteiger partial charge in [-0.25, -0.2) is 9.97 Å². The molecule has 0 spiro atoms. The Bertz CT molecular complexity index is 329. The fourth-order valence-electron chi connectivity index (χ4n) is 1.76. The second-order valence-electron chi connectivity index (χ2n) is 3.89. The van der Waals surface area contributed by atoms with E-state index in [9.17, 15) is 0 Å². The molecule has 0 aliphatic carbocycles. The number of ether oxygens (including phenoxy) is 1. The largest absolute Gasteiger partial charge is 0.381 e. The molecule has 0 aromatic carbocycles. The third-order valence-corrected chi connectivity index (χ3v) is 3.38. The van der Waals surface area contributed by atoms with E-state index in [0.29, 0.717) is 5.92 Å². The van der Waals surface area contributed by atoms with Crippen molar-refractivity contribution in [1.82, 2.24) is 9.97 Å². The Hall–Kier alpha value is -0.810. The molecular weight excluding hydrogens is 222 g/mol. The summed E-state index contributed by atoms with van der Waals surface area (Å²) in [6, 6.07) is 1.98. The maximum Gasteiger partial charge on any atom is 0.130 e. The molecule has 88 valence electrons. The lowest BCUT2D eigenvalue weighted by Crippen LogP contribution is -2.10. The van der Waals surface area contributed by atoms with Crippen molar-refractivity contribution in [2.45, 2.75) is 17.9 Å². The molecule has 5 heteroatoms. The van der Waals surface area contributed by atoms with Crippen LogP contribution in [0.4, 0.5) is 5.82 Å². The molecule has 0 amide bonds. The van der Waals surface area contributed by atoms with Crippen LogP contribution in [0.5, 0.6) is 0 Å². The Morgan fingerprint density at radius 3 is 3.25 bits per heavy atom. The molecule has 2 rings (SSSR count). The van der Waals surface area contributed by atoms with E-state index in [-0.39, 0.29) is 0 Å². The highest BCUT2D eigenvalue weighted by Gasteiger charge is 2.14. The van der Waals surface area contributed by atoms with E-state index >= 15 is 0 Å². The van der Waals surface area contributed by atoms with Gasteiger partial charge < -0.3 is 10.1 Å². The van der Waals surface area contributed by atoms with E-state index in [1.165, 1.54) is 6.42 Å². The van der Waals surface area contributed by atoms with Gasteiger partial charge in [0.15, 0.2) is 0 Å². The normalized spacial score (nSPS) is 19.9. The molecule has 2 heterocycles. The first-order chi connectivity index (χ1) is 7.88. The number of nitrogens with one attached hydrogen (secondary N) is 1. The van der Waals surface area contributed by atoms with E-state index in [4.69, 9.17) is 4.74 Å². The van der Waals surface area contributed by atoms with E-state index < -0.39 is 0 Å². The van der Waals surface area contributed by atoms with Crippen LogP contribution in [0.1, 0.15) is 12.8 Å². The number of nitrogens with zero attached hydrogens (tertiary/aromatic N) is 2. The maximum absolute atomic E-state index is 5.34. The van der Waals surface area contributed by atoms with Crippen molar-refractivity contribution < 1.29 is 4.74 Å². The zero-order chi connectivity index (χ0) is 11.2. The topological polar surface area (TPSA) is 47.0 Å². The first-order valence-corrected chi connectivity index (χ1v) is 6.78. The lowest BCUT2D eigenvalue weighted by atomic mass is 10.1. The van der Waals surface area contributed by atoms with Crippen LogP contribution in [0.2, 0.25) is 0 Å². The fourth-order valence-corrected chi connectivity index (χ4v) is 2.15. The highest BCUT2D eigenvalue weighted by atomic mass is 32.2. The Kier molecular flexibility index (Phi) is 4.42. The average Bonchev–Trinajstić information content (AvgIpc) is 2.82. The van der Waals surface area contributed by atoms with Crippen molar-refractivity contribution in [2.24, 2.45) is 5.92 Å². The van der Waals surface area contributed by atoms with Gasteiger partial charge in [-0.2, -0.15) is 0 Å². The van der Waals surface area contributed by atoms with Gasteiger partial charge in [0.2, 0.25) is 0 Å². The summed E-state index contributed by atoms with van der Waals surface area (Å²) in [5.74, 6) is 1.63. The predicted octanol–water partition coefficient (Wildman–Crippen LogP) is 2.04. The van der Waals surface area contributed by atoms with E-state index in [1.807, 2.05) is 12.3 Å². The van der Waals surface area contributed by atoms with Gasteiger partial charge >= 0.3 is 0 Å². The molecule has 4 nitrogen and oxygen atoms in total. The van der Waals surface area contributed by atoms with E-state index in [2.05, 4.69) is 15.3 Å². The molecule has 1 saturated heterocycles. The summed E-state index contributed by atoms with van der Waals surface area (Å²) in [4.78, 5) is 8.32. The average molecular weight is 239 g/mol. The summed E-state index contributed by atoms with van der Waals surface area (Å²) in [7, 11) is 0. The van der Waals surface area contributed by atoms with Crippen LogP contribution in [0.25, 0.3) is 0 Å². The second kappa shape index (κ2) is 6.06. The molecule has 0 radical (unpaired) electrons. The van der Waals surface area contributed by atoms with Crippen LogP contribution in [-0.4, -0.2) is 36.0 Å². The lowest BCUT2D eigenvalue weighted by molar-refractivity contribution is 0.185. The Labute approximate surface area is 100 Å². The zero-order valence-electron chi connectivity index (χ0n) is 9.48. The van der Waals surface area contributed by atoms with Crippen LogP contribution in [0, 0.1) is 5.92 Å². The minimum Gasteiger partial charge on any atom is -0.381 e. The first-order valence-electron chi connectivity index (χ1n) is 5.56. The van der Waals surface area contributed by atoms with Crippen molar-refractivity contribution >= 4 is 17.6 Å². The molecule has 0 saturated carbocycles. The Morgan fingerprint density at radius 1 is 1.56 bits per heavy atom. The third kappa shape index (κ3) is 3.35. The standard InChI is InChI=1S/C11H17N3OS/c1-16-11-6-10(13-8-14-11)12-4-2-9-3-5-15-7-9/h6,8-9H,2-5,7H2,1H3,(H,12,13,14). The van der Waals surface area contributed by atoms with Crippen LogP contribution >= 0.6 is 11.8 Å². The first kappa shape index (κ1) is 11.7. The lowest BCUT2D eigenvalue weighted by Gasteiger charge is -2.09. The quantitative estimate of drug-likeness (QED) is 0.629. The van der Waals surface area contributed by atoms with Crippen molar-refractivity contribution in [3.8, 4) is 0 Å². The minimum absolute atomic E-state index is 0.717. The van der Waals surface area contributed by atoms with Gasteiger partial charge in [0.1, 0.15) is 17.2 Å². The van der Waals surface area contributed by atoms with Gasteiger partial charge in [0.25, 0.3) is 0 Å². The highest BCUT2D eigenvalue weighted by molar-refractivity contribution is 7.98. The molecule has 1 atom stereocenters. The molecule has 1 aromatic rings. The number of rotatable bonds is 5. The van der Waals surface area contributed by atoms with Gasteiger partial charge in [-0.05, 0) is 25.0 Å². The van der Waals surface area contributed by atoms with Gasteiger partial charge in [-0.3, -0.25) is 0 Å². The molecule has 1 fully saturated rings. The van der Waals surface area contributed by atoms with Gasteiger partial charge in [0, 0.05) is 25.8 Å². The molecule has 1 unspecified atom stereocenters. The van der Waals surface area contributed by atoms with Crippen LogP contribution in [0.15, 0.2) is 17.4 Å². The molecule has 1 N–H and O–H groups in total. The summed E-state index contributed by atoms with van der Waals surface area (Å²) in [5.41, 5.74) is 0. The van der Waals surface area contributed by atoms with Crippen molar-refractivity contribution in [3.63, 3.8) is 0 Å². The predicted molar refractivity (Wildman–Crippen MR) is 65.8 cm³/mol.